The fraction of sp³-hybridized carbons (Fsp3) is 0.650. The van der Waals surface area contributed by atoms with Gasteiger partial charge in [0.15, 0.2) is 0 Å². The van der Waals surface area contributed by atoms with Gasteiger partial charge < -0.3 is 10.2 Å². The average molecular weight is 379 g/mol. The molecule has 1 aromatic carbocycles. The molecule has 0 aliphatic carbocycles. The van der Waals surface area contributed by atoms with E-state index < -0.39 is 0 Å². The highest BCUT2D eigenvalue weighted by atomic mass is 35.5. The SMILES string of the molecule is Cl.O=C(C1NNC2CCNCC21)N1CCCC1CCCc1ccccc1. The molecular weight excluding hydrogens is 348 g/mol. The van der Waals surface area contributed by atoms with Crippen molar-refractivity contribution in [1.82, 2.24) is 21.1 Å². The van der Waals surface area contributed by atoms with Gasteiger partial charge in [0.2, 0.25) is 5.91 Å². The van der Waals surface area contributed by atoms with Crippen molar-refractivity contribution in [3.8, 4) is 0 Å². The van der Waals surface area contributed by atoms with Crippen LogP contribution in [0.5, 0.6) is 0 Å². The summed E-state index contributed by atoms with van der Waals surface area (Å²) in [6.07, 6.45) is 6.79. The lowest BCUT2D eigenvalue weighted by atomic mass is 9.88. The Kier molecular flexibility index (Phi) is 6.92. The second kappa shape index (κ2) is 9.18. The third-order valence-corrected chi connectivity index (χ3v) is 6.15. The predicted octanol–water partition coefficient (Wildman–Crippen LogP) is 1.88. The Morgan fingerprint density at radius 1 is 1.15 bits per heavy atom. The van der Waals surface area contributed by atoms with Crippen molar-refractivity contribution in [3.63, 3.8) is 0 Å². The molecule has 0 spiro atoms. The van der Waals surface area contributed by atoms with Crippen LogP contribution in [0.2, 0.25) is 0 Å². The maximum atomic E-state index is 13.1. The van der Waals surface area contributed by atoms with Crippen molar-refractivity contribution in [2.24, 2.45) is 5.92 Å². The van der Waals surface area contributed by atoms with Gasteiger partial charge in [0.25, 0.3) is 0 Å². The zero-order valence-electron chi connectivity index (χ0n) is 15.3. The number of halogens is 1. The molecule has 3 saturated heterocycles. The van der Waals surface area contributed by atoms with Crippen molar-refractivity contribution in [3.05, 3.63) is 35.9 Å². The Morgan fingerprint density at radius 2 is 2.00 bits per heavy atom. The van der Waals surface area contributed by atoms with Crippen LogP contribution in [0, 0.1) is 5.92 Å². The van der Waals surface area contributed by atoms with Crippen molar-refractivity contribution < 1.29 is 4.79 Å². The Labute approximate surface area is 162 Å². The number of nitrogens with one attached hydrogen (secondary N) is 3. The Morgan fingerprint density at radius 3 is 2.85 bits per heavy atom. The number of carbonyl (C=O) groups is 1. The minimum absolute atomic E-state index is 0. The topological polar surface area (TPSA) is 56.4 Å². The van der Waals surface area contributed by atoms with Crippen LogP contribution in [0.4, 0.5) is 0 Å². The summed E-state index contributed by atoms with van der Waals surface area (Å²) in [6.45, 7) is 2.91. The van der Waals surface area contributed by atoms with Crippen LogP contribution in [0.1, 0.15) is 37.7 Å². The molecule has 1 aromatic rings. The normalized spacial score (nSPS) is 30.7. The number of nitrogens with zero attached hydrogens (tertiary/aromatic N) is 1. The number of amides is 1. The molecule has 3 aliphatic rings. The fourth-order valence-electron chi connectivity index (χ4n) is 4.75. The summed E-state index contributed by atoms with van der Waals surface area (Å²) in [7, 11) is 0. The molecule has 0 aromatic heterocycles. The molecule has 0 saturated carbocycles. The first kappa shape index (κ1) is 19.6. The number of aryl methyl sites for hydroxylation is 1. The van der Waals surface area contributed by atoms with E-state index in [4.69, 9.17) is 0 Å². The van der Waals surface area contributed by atoms with Crippen LogP contribution in [0.3, 0.4) is 0 Å². The number of rotatable bonds is 5. The Balaban J connectivity index is 0.00000196. The number of hydrazine groups is 1. The Bertz CT molecular complexity index is 584. The van der Waals surface area contributed by atoms with E-state index in [9.17, 15) is 4.79 Å². The zero-order valence-corrected chi connectivity index (χ0v) is 16.1. The number of likely N-dealkylation sites (tertiary alicyclic amines) is 1. The van der Waals surface area contributed by atoms with Crippen molar-refractivity contribution in [2.75, 3.05) is 19.6 Å². The largest absolute Gasteiger partial charge is 0.338 e. The molecule has 4 atom stereocenters. The molecule has 4 rings (SSSR count). The van der Waals surface area contributed by atoms with Gasteiger partial charge in [-0.05, 0) is 50.6 Å². The summed E-state index contributed by atoms with van der Waals surface area (Å²) in [5, 5.41) is 3.44. The summed E-state index contributed by atoms with van der Waals surface area (Å²) in [5.74, 6) is 0.692. The van der Waals surface area contributed by atoms with E-state index in [0.29, 0.717) is 23.9 Å². The maximum absolute atomic E-state index is 13.1. The summed E-state index contributed by atoms with van der Waals surface area (Å²) in [5.41, 5.74) is 8.05. The number of carbonyl (C=O) groups excluding carboxylic acids is 1. The van der Waals surface area contributed by atoms with E-state index in [1.165, 1.54) is 5.56 Å². The van der Waals surface area contributed by atoms with Gasteiger partial charge in [0.05, 0.1) is 0 Å². The van der Waals surface area contributed by atoms with Crippen molar-refractivity contribution >= 4 is 18.3 Å². The van der Waals surface area contributed by atoms with E-state index in [-0.39, 0.29) is 18.4 Å². The van der Waals surface area contributed by atoms with Crippen LogP contribution in [0.25, 0.3) is 0 Å². The van der Waals surface area contributed by atoms with Gasteiger partial charge in [-0.2, -0.15) is 0 Å². The van der Waals surface area contributed by atoms with Crippen molar-refractivity contribution in [1.29, 1.82) is 0 Å². The molecule has 6 heteroatoms. The van der Waals surface area contributed by atoms with Gasteiger partial charge >= 0.3 is 0 Å². The number of benzene rings is 1. The van der Waals surface area contributed by atoms with E-state index in [1.807, 2.05) is 0 Å². The smallest absolute Gasteiger partial charge is 0.241 e. The van der Waals surface area contributed by atoms with Crippen LogP contribution in [-0.4, -0.2) is 48.6 Å². The Hall–Kier alpha value is -1.14. The van der Waals surface area contributed by atoms with Gasteiger partial charge in [-0.1, -0.05) is 30.3 Å². The second-order valence-electron chi connectivity index (χ2n) is 7.74. The molecule has 5 nitrogen and oxygen atoms in total. The number of hydrogen-bond donors (Lipinski definition) is 3. The molecule has 3 fully saturated rings. The first-order valence-corrected chi connectivity index (χ1v) is 9.89. The second-order valence-corrected chi connectivity index (χ2v) is 7.74. The molecule has 0 bridgehead atoms. The average Bonchev–Trinajstić information content (AvgIpc) is 3.29. The van der Waals surface area contributed by atoms with Gasteiger partial charge in [-0.3, -0.25) is 10.2 Å². The van der Waals surface area contributed by atoms with Gasteiger partial charge in [-0.15, -0.1) is 12.4 Å². The molecule has 3 N–H and O–H groups in total. The third-order valence-electron chi connectivity index (χ3n) is 6.15. The highest BCUT2D eigenvalue weighted by Gasteiger charge is 2.44. The quantitative estimate of drug-likeness (QED) is 0.732. The van der Waals surface area contributed by atoms with Gasteiger partial charge in [0.1, 0.15) is 6.04 Å². The van der Waals surface area contributed by atoms with Gasteiger partial charge in [-0.25, -0.2) is 5.43 Å². The van der Waals surface area contributed by atoms with E-state index in [0.717, 1.165) is 58.2 Å². The molecule has 0 radical (unpaired) electrons. The summed E-state index contributed by atoms with van der Waals surface area (Å²) in [6, 6.07) is 11.5. The molecule has 3 heterocycles. The molecule has 4 unspecified atom stereocenters. The molecule has 26 heavy (non-hydrogen) atoms. The number of hydrogen-bond acceptors (Lipinski definition) is 4. The maximum Gasteiger partial charge on any atom is 0.241 e. The zero-order chi connectivity index (χ0) is 17.1. The van der Waals surface area contributed by atoms with Crippen LogP contribution >= 0.6 is 12.4 Å². The molecule has 3 aliphatic heterocycles. The van der Waals surface area contributed by atoms with E-state index in [1.54, 1.807) is 0 Å². The van der Waals surface area contributed by atoms with Crippen LogP contribution in [0.15, 0.2) is 30.3 Å². The minimum atomic E-state index is -0.0625. The number of piperidine rings is 1. The van der Waals surface area contributed by atoms with Gasteiger partial charge in [0, 0.05) is 31.1 Å². The first-order valence-electron chi connectivity index (χ1n) is 9.89. The monoisotopic (exact) mass is 378 g/mol. The summed E-state index contributed by atoms with van der Waals surface area (Å²) >= 11 is 0. The van der Waals surface area contributed by atoms with Crippen molar-refractivity contribution in [2.45, 2.75) is 56.7 Å². The van der Waals surface area contributed by atoms with Crippen LogP contribution in [-0.2, 0) is 11.2 Å². The summed E-state index contributed by atoms with van der Waals surface area (Å²) in [4.78, 5) is 15.3. The highest BCUT2D eigenvalue weighted by Crippen LogP contribution is 2.27. The van der Waals surface area contributed by atoms with E-state index >= 15 is 0 Å². The van der Waals surface area contributed by atoms with Crippen LogP contribution < -0.4 is 16.2 Å². The summed E-state index contributed by atoms with van der Waals surface area (Å²) < 4.78 is 0. The van der Waals surface area contributed by atoms with E-state index in [2.05, 4.69) is 51.4 Å². The molecule has 144 valence electrons. The fourth-order valence-corrected chi connectivity index (χ4v) is 4.75. The molecular formula is C20H31ClN4O. The third kappa shape index (κ3) is 4.22. The standard InChI is InChI=1S/C20H30N4O.ClH/c25-20(19-17-14-21-12-11-18(17)22-23-19)24-13-5-10-16(24)9-4-8-15-6-2-1-3-7-15;/h1-3,6-7,16-19,21-23H,4-5,8-14H2;1H. The first-order chi connectivity index (χ1) is 12.3. The lowest BCUT2D eigenvalue weighted by molar-refractivity contribution is -0.135. The minimum Gasteiger partial charge on any atom is -0.338 e. The lowest BCUT2D eigenvalue weighted by Gasteiger charge is -2.32. The number of fused-ring (bicyclic) bond motifs is 1. The highest BCUT2D eigenvalue weighted by molar-refractivity contribution is 5.85. The lowest BCUT2D eigenvalue weighted by Crippen LogP contribution is -2.51. The predicted molar refractivity (Wildman–Crippen MR) is 106 cm³/mol. The molecule has 1 amide bonds.